The Balaban J connectivity index is 1.96. The van der Waals surface area contributed by atoms with Gasteiger partial charge in [-0.3, -0.25) is 4.79 Å². The van der Waals surface area contributed by atoms with E-state index in [4.69, 9.17) is 4.52 Å². The normalized spacial score (nSPS) is 10.6. The summed E-state index contributed by atoms with van der Waals surface area (Å²) in [5.74, 6) is 1.76. The Labute approximate surface area is 116 Å². The van der Waals surface area contributed by atoms with Crippen LogP contribution in [0.15, 0.2) is 22.7 Å². The lowest BCUT2D eigenvalue weighted by molar-refractivity contribution is 0.102. The van der Waals surface area contributed by atoms with Crippen LogP contribution in [0.5, 0.6) is 0 Å². The third-order valence-electron chi connectivity index (χ3n) is 2.46. The molecule has 106 valence electrons. The molecular weight excluding hydrogens is 258 g/mol. The van der Waals surface area contributed by atoms with Crippen molar-refractivity contribution in [3.63, 3.8) is 0 Å². The molecule has 0 bridgehead atoms. The summed E-state index contributed by atoms with van der Waals surface area (Å²) in [4.78, 5) is 11.9. The Kier molecular flexibility index (Phi) is 4.29. The number of carbonyl (C=O) groups is 1. The summed E-state index contributed by atoms with van der Waals surface area (Å²) in [5.41, 5.74) is 0.223. The lowest BCUT2D eigenvalue weighted by Crippen LogP contribution is -2.15. The minimum absolute atomic E-state index is 0.223. The van der Waals surface area contributed by atoms with Crippen molar-refractivity contribution in [3.05, 3.63) is 29.7 Å². The molecule has 0 atom stereocenters. The molecule has 0 unspecified atom stereocenters. The second-order valence-electron chi connectivity index (χ2n) is 4.86. The van der Waals surface area contributed by atoms with E-state index in [0.717, 1.165) is 6.54 Å². The molecule has 0 aliphatic heterocycles. The summed E-state index contributed by atoms with van der Waals surface area (Å²) in [7, 11) is 0. The predicted octanol–water partition coefficient (Wildman–Crippen LogP) is 2.09. The zero-order valence-electron chi connectivity index (χ0n) is 11.7. The number of hydrogen-bond donors (Lipinski definition) is 2. The lowest BCUT2D eigenvalue weighted by Gasteiger charge is -2.07. The zero-order chi connectivity index (χ0) is 14.5. The fraction of sp³-hybridized carbons (Fsp3) is 0.385. The van der Waals surface area contributed by atoms with Gasteiger partial charge in [0.25, 0.3) is 5.91 Å². The summed E-state index contributed by atoms with van der Waals surface area (Å²) in [6.45, 7) is 6.75. The van der Waals surface area contributed by atoms with Gasteiger partial charge in [0, 0.05) is 12.6 Å². The minimum atomic E-state index is -0.374. The van der Waals surface area contributed by atoms with Crippen LogP contribution in [-0.2, 0) is 0 Å². The molecule has 2 rings (SSSR count). The van der Waals surface area contributed by atoms with E-state index >= 15 is 0 Å². The van der Waals surface area contributed by atoms with Crippen molar-refractivity contribution < 1.29 is 9.32 Å². The number of anilines is 2. The fourth-order valence-corrected chi connectivity index (χ4v) is 1.46. The quantitative estimate of drug-likeness (QED) is 0.868. The third kappa shape index (κ3) is 3.78. The van der Waals surface area contributed by atoms with Gasteiger partial charge in [-0.15, -0.1) is 10.2 Å². The number of carbonyl (C=O) groups excluding carboxylic acids is 1. The summed E-state index contributed by atoms with van der Waals surface area (Å²) in [6, 6.07) is 4.96. The fourth-order valence-electron chi connectivity index (χ4n) is 1.46. The van der Waals surface area contributed by atoms with Gasteiger partial charge in [0.05, 0.1) is 0 Å². The molecule has 0 saturated carbocycles. The highest BCUT2D eigenvalue weighted by atomic mass is 16.5. The number of hydrogen-bond acceptors (Lipinski definition) is 6. The van der Waals surface area contributed by atoms with Crippen LogP contribution in [0.2, 0.25) is 0 Å². The minimum Gasteiger partial charge on any atom is -0.368 e. The van der Waals surface area contributed by atoms with Crippen LogP contribution in [0.4, 0.5) is 11.6 Å². The predicted molar refractivity (Wildman–Crippen MR) is 74.6 cm³/mol. The van der Waals surface area contributed by atoms with Crippen molar-refractivity contribution in [2.45, 2.75) is 20.8 Å². The molecule has 0 radical (unpaired) electrons. The molecule has 2 heterocycles. The molecule has 0 aliphatic rings. The van der Waals surface area contributed by atoms with Crippen LogP contribution in [-0.4, -0.2) is 27.8 Å². The first-order chi connectivity index (χ1) is 9.54. The van der Waals surface area contributed by atoms with E-state index < -0.39 is 0 Å². The highest BCUT2D eigenvalue weighted by molar-refractivity contribution is 6.02. The van der Waals surface area contributed by atoms with Gasteiger partial charge in [-0.2, -0.15) is 0 Å². The Hall–Kier alpha value is -2.44. The largest absolute Gasteiger partial charge is 0.368 e. The monoisotopic (exact) mass is 275 g/mol. The van der Waals surface area contributed by atoms with E-state index in [-0.39, 0.29) is 11.6 Å². The summed E-state index contributed by atoms with van der Waals surface area (Å²) in [6.07, 6.45) is 0. The average Bonchev–Trinajstić information content (AvgIpc) is 2.82. The lowest BCUT2D eigenvalue weighted by atomic mass is 10.2. The number of nitrogens with zero attached hydrogens (tertiary/aromatic N) is 3. The van der Waals surface area contributed by atoms with E-state index in [1.54, 1.807) is 25.1 Å². The second kappa shape index (κ2) is 6.14. The first-order valence-electron chi connectivity index (χ1n) is 6.37. The van der Waals surface area contributed by atoms with Crippen molar-refractivity contribution in [3.8, 4) is 0 Å². The van der Waals surface area contributed by atoms with Crippen LogP contribution in [0.1, 0.15) is 30.1 Å². The van der Waals surface area contributed by atoms with Crippen LogP contribution in [0.3, 0.4) is 0 Å². The molecular formula is C13H17N5O2. The molecule has 7 heteroatoms. The number of aryl methyl sites for hydroxylation is 1. The van der Waals surface area contributed by atoms with Crippen LogP contribution in [0.25, 0.3) is 0 Å². The first-order valence-corrected chi connectivity index (χ1v) is 6.37. The Morgan fingerprint density at radius 3 is 2.65 bits per heavy atom. The van der Waals surface area contributed by atoms with Gasteiger partial charge >= 0.3 is 0 Å². The Bertz CT molecular complexity index is 577. The number of amides is 1. The third-order valence-corrected chi connectivity index (χ3v) is 2.46. The standard InChI is InChI=1S/C13H17N5O2/c1-8(2)7-14-11-5-4-10(16-17-11)13(19)15-12-6-9(3)20-18-12/h4-6,8H,7H2,1-3H3,(H,14,17)(H,15,18,19). The van der Waals surface area contributed by atoms with Crippen LogP contribution >= 0.6 is 0 Å². The zero-order valence-corrected chi connectivity index (χ0v) is 11.7. The van der Waals surface area contributed by atoms with Gasteiger partial charge in [-0.05, 0) is 25.0 Å². The van der Waals surface area contributed by atoms with Crippen molar-refractivity contribution >= 4 is 17.5 Å². The van der Waals surface area contributed by atoms with Crippen molar-refractivity contribution in [1.82, 2.24) is 15.4 Å². The maximum Gasteiger partial charge on any atom is 0.277 e. The Morgan fingerprint density at radius 2 is 2.10 bits per heavy atom. The SMILES string of the molecule is Cc1cc(NC(=O)c2ccc(NCC(C)C)nn2)no1. The molecule has 0 aliphatic carbocycles. The van der Waals surface area contributed by atoms with Crippen molar-refractivity contribution in [1.29, 1.82) is 0 Å². The van der Waals surface area contributed by atoms with Gasteiger partial charge < -0.3 is 15.2 Å². The Morgan fingerprint density at radius 1 is 1.30 bits per heavy atom. The maximum absolute atomic E-state index is 11.9. The molecule has 0 aromatic carbocycles. The van der Waals surface area contributed by atoms with Crippen molar-refractivity contribution in [2.75, 3.05) is 17.2 Å². The second-order valence-corrected chi connectivity index (χ2v) is 4.86. The van der Waals surface area contributed by atoms with E-state index in [0.29, 0.717) is 23.3 Å². The van der Waals surface area contributed by atoms with Gasteiger partial charge in [0.2, 0.25) is 0 Å². The molecule has 2 N–H and O–H groups in total. The van der Waals surface area contributed by atoms with Gasteiger partial charge in [0.1, 0.15) is 11.6 Å². The summed E-state index contributed by atoms with van der Waals surface area (Å²) >= 11 is 0. The van der Waals surface area contributed by atoms with E-state index in [2.05, 4.69) is 39.8 Å². The number of rotatable bonds is 5. The average molecular weight is 275 g/mol. The topological polar surface area (TPSA) is 92.9 Å². The molecule has 0 fully saturated rings. The highest BCUT2D eigenvalue weighted by Crippen LogP contribution is 2.09. The molecule has 1 amide bonds. The first kappa shape index (κ1) is 14.0. The van der Waals surface area contributed by atoms with E-state index in [1.807, 2.05) is 0 Å². The summed E-state index contributed by atoms with van der Waals surface area (Å²) in [5, 5.41) is 17.2. The molecule has 0 spiro atoms. The number of nitrogens with one attached hydrogen (secondary N) is 2. The molecule has 0 saturated heterocycles. The highest BCUT2D eigenvalue weighted by Gasteiger charge is 2.11. The van der Waals surface area contributed by atoms with Gasteiger partial charge in [-0.25, -0.2) is 0 Å². The van der Waals surface area contributed by atoms with Crippen LogP contribution < -0.4 is 10.6 Å². The van der Waals surface area contributed by atoms with Crippen LogP contribution in [0, 0.1) is 12.8 Å². The van der Waals surface area contributed by atoms with E-state index in [1.165, 1.54) is 0 Å². The maximum atomic E-state index is 11.9. The molecule has 2 aromatic heterocycles. The molecule has 20 heavy (non-hydrogen) atoms. The van der Waals surface area contributed by atoms with E-state index in [9.17, 15) is 4.79 Å². The smallest absolute Gasteiger partial charge is 0.277 e. The number of aromatic nitrogens is 3. The van der Waals surface area contributed by atoms with Gasteiger partial charge in [-0.1, -0.05) is 19.0 Å². The van der Waals surface area contributed by atoms with Gasteiger partial charge in [0.15, 0.2) is 11.5 Å². The molecule has 2 aromatic rings. The van der Waals surface area contributed by atoms with Crippen molar-refractivity contribution in [2.24, 2.45) is 5.92 Å². The molecule has 7 nitrogen and oxygen atoms in total. The summed E-state index contributed by atoms with van der Waals surface area (Å²) < 4.78 is 4.86.